The Bertz CT molecular complexity index is 493. The van der Waals surface area contributed by atoms with Gasteiger partial charge < -0.3 is 0 Å². The number of hydrogen-bond acceptors (Lipinski definition) is 0. The highest BCUT2D eigenvalue weighted by Gasteiger charge is 2.47. The van der Waals surface area contributed by atoms with E-state index in [1.165, 1.54) is 0 Å². The summed E-state index contributed by atoms with van der Waals surface area (Å²) in [5, 5.41) is 0. The van der Waals surface area contributed by atoms with E-state index in [0.717, 1.165) is 11.8 Å². The average molecular weight is 194 g/mol. The Morgan fingerprint density at radius 2 is 1.60 bits per heavy atom. The van der Waals surface area contributed by atoms with Gasteiger partial charge in [0.15, 0.2) is 0 Å². The van der Waals surface area contributed by atoms with E-state index in [-0.39, 0.29) is 0 Å². The third-order valence-corrected chi connectivity index (χ3v) is 4.44. The highest BCUT2D eigenvalue weighted by atomic mass is 14.5. The van der Waals surface area contributed by atoms with Gasteiger partial charge in [0, 0.05) is 11.8 Å². The number of hydrogen-bond donors (Lipinski definition) is 0. The van der Waals surface area contributed by atoms with Gasteiger partial charge in [0.2, 0.25) is 0 Å². The van der Waals surface area contributed by atoms with Crippen LogP contribution >= 0.6 is 0 Å². The van der Waals surface area contributed by atoms with Crippen LogP contribution in [0.1, 0.15) is 29.9 Å². The fourth-order valence-electron chi connectivity index (χ4n) is 3.77. The van der Waals surface area contributed by atoms with E-state index >= 15 is 0 Å². The minimum atomic E-state index is 0.667. The van der Waals surface area contributed by atoms with Crippen molar-refractivity contribution >= 4 is 0 Å². The second-order valence-electron chi connectivity index (χ2n) is 5.08. The van der Waals surface area contributed by atoms with Crippen LogP contribution < -0.4 is 0 Å². The molecule has 1 aromatic carbocycles. The molecule has 0 amide bonds. The molecule has 0 heterocycles. The summed E-state index contributed by atoms with van der Waals surface area (Å²) in [4.78, 5) is 0. The van der Waals surface area contributed by atoms with Gasteiger partial charge in [-0.25, -0.2) is 0 Å². The molecule has 4 atom stereocenters. The molecule has 5 rings (SSSR count). The molecule has 0 nitrogen and oxygen atoms in total. The van der Waals surface area contributed by atoms with Crippen LogP contribution in [-0.4, -0.2) is 0 Å². The average Bonchev–Trinajstić information content (AvgIpc) is 2.27. The Labute approximate surface area is 90.3 Å². The summed E-state index contributed by atoms with van der Waals surface area (Å²) in [6, 6.07) is 8.99. The van der Waals surface area contributed by atoms with Crippen LogP contribution in [0.2, 0.25) is 0 Å². The molecule has 0 fully saturated rings. The van der Waals surface area contributed by atoms with Crippen molar-refractivity contribution in [1.29, 1.82) is 0 Å². The molecule has 0 N–H and O–H groups in total. The summed E-state index contributed by atoms with van der Waals surface area (Å²) in [5.74, 6) is 2.95. The fourth-order valence-corrected chi connectivity index (χ4v) is 3.77. The molecular formula is C15H14. The lowest BCUT2D eigenvalue weighted by Crippen LogP contribution is -2.40. The maximum absolute atomic E-state index is 2.47. The van der Waals surface area contributed by atoms with Crippen LogP contribution in [0.25, 0.3) is 0 Å². The lowest BCUT2D eigenvalue weighted by atomic mass is 9.53. The molecule has 0 unspecified atom stereocenters. The summed E-state index contributed by atoms with van der Waals surface area (Å²) in [6.45, 7) is 2.29. The molecule has 1 aromatic rings. The Kier molecular flexibility index (Phi) is 1.29. The standard InChI is InChI=1S/C15H14/c1-9-8-14-12-6-7-13(15(9)14)11-5-3-2-4-10(11)12/h2-8,12-15H,1H3/t12-,13-,14+,15+/m0/s1. The minimum Gasteiger partial charge on any atom is -0.0806 e. The van der Waals surface area contributed by atoms with Crippen molar-refractivity contribution in [3.8, 4) is 0 Å². The molecule has 2 bridgehead atoms. The van der Waals surface area contributed by atoms with Crippen LogP contribution in [0.15, 0.2) is 48.1 Å². The zero-order chi connectivity index (χ0) is 9.99. The quantitative estimate of drug-likeness (QED) is 0.553. The maximum atomic E-state index is 2.47. The van der Waals surface area contributed by atoms with E-state index in [9.17, 15) is 0 Å². The monoisotopic (exact) mass is 194 g/mol. The predicted molar refractivity (Wildman–Crippen MR) is 61.8 cm³/mol. The summed E-state index contributed by atoms with van der Waals surface area (Å²) in [6.07, 6.45) is 7.34. The third-order valence-electron chi connectivity index (χ3n) is 4.44. The van der Waals surface area contributed by atoms with Gasteiger partial charge in [0.1, 0.15) is 0 Å². The molecular weight excluding hydrogens is 180 g/mol. The van der Waals surface area contributed by atoms with E-state index in [0.29, 0.717) is 11.8 Å². The van der Waals surface area contributed by atoms with Gasteiger partial charge in [-0.2, -0.15) is 0 Å². The normalized spacial score (nSPS) is 39.1. The van der Waals surface area contributed by atoms with Crippen LogP contribution in [-0.2, 0) is 0 Å². The van der Waals surface area contributed by atoms with Crippen molar-refractivity contribution in [2.45, 2.75) is 18.8 Å². The largest absolute Gasteiger partial charge is 0.0806 e. The van der Waals surface area contributed by atoms with Gasteiger partial charge in [-0.3, -0.25) is 0 Å². The minimum absolute atomic E-state index is 0.667. The molecule has 4 aliphatic rings. The maximum Gasteiger partial charge on any atom is 0.00925 e. The molecule has 0 heteroatoms. The van der Waals surface area contributed by atoms with Gasteiger partial charge >= 0.3 is 0 Å². The fraction of sp³-hybridized carbons (Fsp3) is 0.333. The van der Waals surface area contributed by atoms with Gasteiger partial charge in [-0.1, -0.05) is 48.1 Å². The molecule has 15 heavy (non-hydrogen) atoms. The Morgan fingerprint density at radius 3 is 2.33 bits per heavy atom. The van der Waals surface area contributed by atoms with Gasteiger partial charge in [-0.15, -0.1) is 0 Å². The van der Waals surface area contributed by atoms with Gasteiger partial charge in [0.05, 0.1) is 0 Å². The lowest BCUT2D eigenvalue weighted by molar-refractivity contribution is 0.294. The first-order valence-electron chi connectivity index (χ1n) is 5.82. The molecule has 0 aromatic heterocycles. The highest BCUT2D eigenvalue weighted by Crippen LogP contribution is 2.59. The molecule has 74 valence electrons. The first kappa shape index (κ1) is 7.92. The molecule has 0 saturated carbocycles. The van der Waals surface area contributed by atoms with Gasteiger partial charge in [-0.05, 0) is 29.9 Å². The van der Waals surface area contributed by atoms with Crippen LogP contribution in [0.3, 0.4) is 0 Å². The highest BCUT2D eigenvalue weighted by molar-refractivity contribution is 5.51. The first-order chi connectivity index (χ1) is 7.36. The van der Waals surface area contributed by atoms with Crippen LogP contribution in [0.4, 0.5) is 0 Å². The topological polar surface area (TPSA) is 0 Å². The van der Waals surface area contributed by atoms with Crippen molar-refractivity contribution in [2.75, 3.05) is 0 Å². The van der Waals surface area contributed by atoms with Crippen LogP contribution in [0, 0.1) is 11.8 Å². The van der Waals surface area contributed by atoms with E-state index < -0.39 is 0 Å². The summed E-state index contributed by atoms with van der Waals surface area (Å²) in [5.41, 5.74) is 4.77. The zero-order valence-electron chi connectivity index (χ0n) is 8.85. The molecule has 4 aliphatic carbocycles. The molecule has 0 aliphatic heterocycles. The van der Waals surface area contributed by atoms with Gasteiger partial charge in [0.25, 0.3) is 0 Å². The lowest BCUT2D eigenvalue weighted by Gasteiger charge is -2.51. The third kappa shape index (κ3) is 0.797. The second kappa shape index (κ2) is 2.44. The van der Waals surface area contributed by atoms with Crippen molar-refractivity contribution in [1.82, 2.24) is 0 Å². The summed E-state index contributed by atoms with van der Waals surface area (Å²) < 4.78 is 0. The van der Waals surface area contributed by atoms with E-state index in [1.807, 2.05) is 0 Å². The van der Waals surface area contributed by atoms with Crippen molar-refractivity contribution in [2.24, 2.45) is 11.8 Å². The molecule has 0 spiro atoms. The summed E-state index contributed by atoms with van der Waals surface area (Å²) >= 11 is 0. The number of benzene rings is 1. The summed E-state index contributed by atoms with van der Waals surface area (Å²) in [7, 11) is 0. The zero-order valence-corrected chi connectivity index (χ0v) is 8.85. The van der Waals surface area contributed by atoms with Crippen molar-refractivity contribution < 1.29 is 0 Å². The number of rotatable bonds is 0. The van der Waals surface area contributed by atoms with E-state index in [2.05, 4.69) is 49.4 Å². The van der Waals surface area contributed by atoms with Crippen molar-refractivity contribution in [3.63, 3.8) is 0 Å². The first-order valence-corrected chi connectivity index (χ1v) is 5.82. The second-order valence-corrected chi connectivity index (χ2v) is 5.08. The Hall–Kier alpha value is -1.30. The smallest absolute Gasteiger partial charge is 0.00925 e. The number of allylic oxidation sites excluding steroid dienone is 4. The SMILES string of the molecule is CC1=C[C@H]2[C@H]1[C@H]1C=C[C@H]2c2ccccc21. The Morgan fingerprint density at radius 1 is 0.933 bits per heavy atom. The molecule has 0 saturated heterocycles. The van der Waals surface area contributed by atoms with E-state index in [4.69, 9.17) is 0 Å². The van der Waals surface area contributed by atoms with Crippen molar-refractivity contribution in [3.05, 3.63) is 59.2 Å². The Balaban J connectivity index is 1.96. The van der Waals surface area contributed by atoms with Crippen LogP contribution in [0.5, 0.6) is 0 Å². The predicted octanol–water partition coefficient (Wildman–Crippen LogP) is 3.63. The van der Waals surface area contributed by atoms with E-state index in [1.54, 1.807) is 16.7 Å². The molecule has 0 radical (unpaired) electrons.